The molecule has 0 saturated carbocycles. The molecule has 0 aliphatic heterocycles. The Morgan fingerprint density at radius 1 is 0.562 bits per heavy atom. The second-order valence-electron chi connectivity index (χ2n) is 4.74. The van der Waals surface area contributed by atoms with Gasteiger partial charge in [0, 0.05) is 41.7 Å². The summed E-state index contributed by atoms with van der Waals surface area (Å²) < 4.78 is 0. The van der Waals surface area contributed by atoms with Crippen LogP contribution in [0.1, 0.15) is 90.4 Å². The maximum atomic E-state index is 3.87. The van der Waals surface area contributed by atoms with Crippen LogP contribution in [0.15, 0.2) is 0 Å². The Hall–Kier alpha value is 1.38. The molecule has 0 aromatic carbocycles. The number of hydrogen-bond acceptors (Lipinski definition) is 0. The monoisotopic (exact) mass is 351 g/mol. The minimum absolute atomic E-state index is 0. The molecule has 0 radical (unpaired) electrons. The van der Waals surface area contributed by atoms with E-state index in [0.29, 0.717) is 0 Å². The van der Waals surface area contributed by atoms with E-state index >= 15 is 0 Å². The Bertz CT molecular complexity index is 89.6. The molecule has 16 heavy (non-hydrogen) atoms. The molecule has 96 valence electrons. The fourth-order valence-electron chi connectivity index (χ4n) is 2.02. The van der Waals surface area contributed by atoms with E-state index in [1.54, 1.807) is 0 Å². The third-order valence-corrected chi connectivity index (χ3v) is 3.10. The zero-order valence-electron chi connectivity index (χ0n) is 11.4. The molecule has 0 N–H and O–H groups in total. The maximum absolute atomic E-state index is 3.87. The Labute approximate surface area is 138 Å². The number of hydrogen-bond donors (Lipinski definition) is 0. The molecule has 0 unspecified atom stereocenters. The third-order valence-electron chi connectivity index (χ3n) is 3.10. The fourth-order valence-corrected chi connectivity index (χ4v) is 2.02. The van der Waals surface area contributed by atoms with Gasteiger partial charge in [-0.25, -0.2) is 0 Å². The average Bonchev–Trinajstić information content (AvgIpc) is 2.26. The first-order valence-corrected chi connectivity index (χ1v) is 7.21. The molecule has 0 amide bonds. The first-order valence-electron chi connectivity index (χ1n) is 7.21. The molecule has 0 nitrogen and oxygen atoms in total. The van der Waals surface area contributed by atoms with Crippen molar-refractivity contribution in [2.75, 3.05) is 0 Å². The van der Waals surface area contributed by atoms with Gasteiger partial charge < -0.3 is 6.92 Å². The van der Waals surface area contributed by atoms with Crippen LogP contribution in [0, 0.1) is 48.7 Å². The van der Waals surface area contributed by atoms with Gasteiger partial charge in [-0.3, -0.25) is 0 Å². The van der Waals surface area contributed by atoms with Gasteiger partial charge in [-0.15, -0.1) is 0 Å². The Kier molecular flexibility index (Phi) is 23.1. The summed E-state index contributed by atoms with van der Waals surface area (Å²) in [6.45, 7) is 6.15. The molecule has 0 rings (SSSR count). The van der Waals surface area contributed by atoms with E-state index in [1.165, 1.54) is 77.0 Å². The van der Waals surface area contributed by atoms with Gasteiger partial charge in [0.15, 0.2) is 0 Å². The van der Waals surface area contributed by atoms with Crippen LogP contribution in [-0.2, 0) is 0 Å². The van der Waals surface area contributed by atoms with E-state index in [4.69, 9.17) is 0 Å². The van der Waals surface area contributed by atoms with Crippen molar-refractivity contribution < 1.29 is 41.7 Å². The summed E-state index contributed by atoms with van der Waals surface area (Å²) in [6.07, 6.45) is 18.3. The number of rotatable bonds is 12. The summed E-state index contributed by atoms with van der Waals surface area (Å²) >= 11 is 0. The summed E-state index contributed by atoms with van der Waals surface area (Å²) in [5.74, 6) is 0. The fraction of sp³-hybridized carbons (Fsp3) is 0.933. The van der Waals surface area contributed by atoms with Crippen molar-refractivity contribution in [2.24, 2.45) is 0 Å². The molecular formula is C15H31Ce-. The average molecular weight is 352 g/mol. The molecule has 0 aliphatic carbocycles. The normalized spacial score (nSPS) is 10.1. The van der Waals surface area contributed by atoms with E-state index < -0.39 is 0 Å². The van der Waals surface area contributed by atoms with E-state index in [-0.39, 0.29) is 41.7 Å². The van der Waals surface area contributed by atoms with Crippen LogP contribution in [0.4, 0.5) is 0 Å². The first-order chi connectivity index (χ1) is 7.41. The van der Waals surface area contributed by atoms with Crippen molar-refractivity contribution in [1.82, 2.24) is 0 Å². The van der Waals surface area contributed by atoms with E-state index in [1.807, 2.05) is 0 Å². The second-order valence-corrected chi connectivity index (χ2v) is 4.74. The van der Waals surface area contributed by atoms with Crippen molar-refractivity contribution in [3.05, 3.63) is 6.92 Å². The van der Waals surface area contributed by atoms with Crippen LogP contribution >= 0.6 is 0 Å². The molecule has 0 heterocycles. The predicted octanol–water partition coefficient (Wildman–Crippen LogP) is 5.91. The minimum atomic E-state index is 0. The zero-order valence-corrected chi connectivity index (χ0v) is 14.5. The van der Waals surface area contributed by atoms with Crippen LogP contribution in [-0.4, -0.2) is 0 Å². The Morgan fingerprint density at radius 2 is 0.875 bits per heavy atom. The quantitative estimate of drug-likeness (QED) is 0.303. The van der Waals surface area contributed by atoms with E-state index in [2.05, 4.69) is 13.8 Å². The van der Waals surface area contributed by atoms with E-state index in [0.717, 1.165) is 6.42 Å². The van der Waals surface area contributed by atoms with Gasteiger partial charge in [0.2, 0.25) is 0 Å². The van der Waals surface area contributed by atoms with Crippen LogP contribution in [0.3, 0.4) is 0 Å². The molecule has 0 fully saturated rings. The molecule has 0 bridgehead atoms. The van der Waals surface area contributed by atoms with Crippen LogP contribution in [0.25, 0.3) is 0 Å². The van der Waals surface area contributed by atoms with Crippen LogP contribution < -0.4 is 0 Å². The number of unbranched alkanes of at least 4 members (excludes halogenated alkanes) is 12. The standard InChI is InChI=1S/C15H31.Ce/c1-3-5-7-9-11-13-15-14-12-10-8-6-4-2;/h1,3-15H2,2H3;/q-1;. The summed E-state index contributed by atoms with van der Waals surface area (Å²) in [6, 6.07) is 0. The van der Waals surface area contributed by atoms with Crippen LogP contribution in [0.2, 0.25) is 0 Å². The molecule has 0 spiro atoms. The zero-order chi connectivity index (χ0) is 11.2. The maximum Gasteiger partial charge on any atom is 0 e. The molecule has 0 aromatic rings. The van der Waals surface area contributed by atoms with Crippen molar-refractivity contribution in [3.63, 3.8) is 0 Å². The largest absolute Gasteiger partial charge is 0.343 e. The summed E-state index contributed by atoms with van der Waals surface area (Å²) in [7, 11) is 0. The minimum Gasteiger partial charge on any atom is -0.343 e. The second kappa shape index (κ2) is 18.7. The Morgan fingerprint density at radius 3 is 1.19 bits per heavy atom. The smallest absolute Gasteiger partial charge is 0 e. The molecule has 0 aliphatic rings. The summed E-state index contributed by atoms with van der Waals surface area (Å²) in [4.78, 5) is 0. The molecule has 0 saturated heterocycles. The van der Waals surface area contributed by atoms with Gasteiger partial charge in [-0.05, 0) is 0 Å². The van der Waals surface area contributed by atoms with Gasteiger partial charge in [-0.1, -0.05) is 84.0 Å². The van der Waals surface area contributed by atoms with Gasteiger partial charge in [0.25, 0.3) is 0 Å². The molecule has 0 aromatic heterocycles. The summed E-state index contributed by atoms with van der Waals surface area (Å²) in [5, 5.41) is 0. The van der Waals surface area contributed by atoms with Crippen molar-refractivity contribution >= 4 is 0 Å². The summed E-state index contributed by atoms with van der Waals surface area (Å²) in [5.41, 5.74) is 0. The van der Waals surface area contributed by atoms with Gasteiger partial charge >= 0.3 is 0 Å². The van der Waals surface area contributed by atoms with Gasteiger partial charge in [0.1, 0.15) is 0 Å². The van der Waals surface area contributed by atoms with E-state index in [9.17, 15) is 0 Å². The van der Waals surface area contributed by atoms with Crippen molar-refractivity contribution in [1.29, 1.82) is 0 Å². The predicted molar refractivity (Wildman–Crippen MR) is 71.1 cm³/mol. The van der Waals surface area contributed by atoms with Crippen LogP contribution in [0.5, 0.6) is 0 Å². The molecular weight excluding hydrogens is 320 g/mol. The molecule has 0 atom stereocenters. The first kappa shape index (κ1) is 19.7. The Balaban J connectivity index is 0. The van der Waals surface area contributed by atoms with Crippen molar-refractivity contribution in [2.45, 2.75) is 90.4 Å². The van der Waals surface area contributed by atoms with Gasteiger partial charge in [0.05, 0.1) is 0 Å². The van der Waals surface area contributed by atoms with Gasteiger partial charge in [-0.2, -0.15) is 6.42 Å². The topological polar surface area (TPSA) is 0 Å². The molecule has 1 heteroatoms. The SMILES string of the molecule is [CH2-]CCCCCCCCCCCCCC.[Ce]. The van der Waals surface area contributed by atoms with Crippen molar-refractivity contribution in [3.8, 4) is 0 Å². The third kappa shape index (κ3) is 17.8.